The van der Waals surface area contributed by atoms with Crippen molar-refractivity contribution in [3.63, 3.8) is 0 Å². The van der Waals surface area contributed by atoms with Crippen LogP contribution in [0, 0.1) is 0 Å². The van der Waals surface area contributed by atoms with E-state index in [4.69, 9.17) is 16.3 Å². The zero-order chi connectivity index (χ0) is 27.9. The number of aromatic nitrogens is 2. The van der Waals surface area contributed by atoms with Gasteiger partial charge in [-0.15, -0.1) is 5.10 Å². The Morgan fingerprint density at radius 2 is 1.90 bits per heavy atom. The number of rotatable bonds is 6. The molecule has 2 fully saturated rings. The highest BCUT2D eigenvalue weighted by Crippen LogP contribution is 2.38. The molecule has 1 aromatic heterocycles. The molecule has 0 atom stereocenters. The molecule has 0 aliphatic carbocycles. The van der Waals surface area contributed by atoms with Gasteiger partial charge in [0.1, 0.15) is 0 Å². The predicted octanol–water partition coefficient (Wildman–Crippen LogP) is 6.29. The van der Waals surface area contributed by atoms with Crippen molar-refractivity contribution in [2.45, 2.75) is 38.5 Å². The van der Waals surface area contributed by atoms with Gasteiger partial charge in [0.2, 0.25) is 5.88 Å². The van der Waals surface area contributed by atoms with E-state index >= 15 is 0 Å². The number of benzene rings is 2. The maximum atomic E-state index is 13.6. The van der Waals surface area contributed by atoms with Gasteiger partial charge in [-0.25, -0.2) is 0 Å². The van der Waals surface area contributed by atoms with Crippen molar-refractivity contribution in [1.29, 1.82) is 0 Å². The highest BCUT2D eigenvalue weighted by Gasteiger charge is 2.40. The van der Waals surface area contributed by atoms with Crippen LogP contribution in [0.4, 0.5) is 18.0 Å². The zero-order valence-electron chi connectivity index (χ0n) is 21.3. The second-order valence-corrected chi connectivity index (χ2v) is 10.9. The number of thioether (sulfide) groups is 1. The maximum absolute atomic E-state index is 13.6. The summed E-state index contributed by atoms with van der Waals surface area (Å²) in [6, 6.07) is 8.73. The van der Waals surface area contributed by atoms with Gasteiger partial charge in [0.15, 0.2) is 0 Å². The first-order valence-electron chi connectivity index (χ1n) is 12.5. The molecule has 0 unspecified atom stereocenters. The summed E-state index contributed by atoms with van der Waals surface area (Å²) in [6.07, 6.45) is -1.41. The van der Waals surface area contributed by atoms with Crippen molar-refractivity contribution in [1.82, 2.24) is 19.6 Å². The van der Waals surface area contributed by atoms with E-state index in [1.165, 1.54) is 28.8 Å². The van der Waals surface area contributed by atoms with Gasteiger partial charge >= 0.3 is 6.18 Å². The maximum Gasteiger partial charge on any atom is 0.416 e. The Labute approximate surface area is 232 Å². The van der Waals surface area contributed by atoms with Crippen LogP contribution in [0.3, 0.4) is 0 Å². The lowest BCUT2D eigenvalue weighted by Crippen LogP contribution is -2.46. The molecule has 0 N–H and O–H groups in total. The van der Waals surface area contributed by atoms with Gasteiger partial charge in [-0.2, -0.15) is 13.2 Å². The van der Waals surface area contributed by atoms with Gasteiger partial charge in [0, 0.05) is 24.2 Å². The summed E-state index contributed by atoms with van der Waals surface area (Å²) >= 11 is 6.74. The number of likely N-dealkylation sites (tertiary alicyclic amines) is 1. The molecule has 206 valence electrons. The second-order valence-electron chi connectivity index (χ2n) is 9.46. The number of nitrogens with zero attached hydrogens (tertiary/aromatic N) is 4. The van der Waals surface area contributed by atoms with E-state index in [1.54, 1.807) is 24.3 Å². The summed E-state index contributed by atoms with van der Waals surface area (Å²) in [4.78, 5) is 29.9. The number of piperidine rings is 1. The molecule has 0 spiro atoms. The van der Waals surface area contributed by atoms with Crippen molar-refractivity contribution in [3.05, 3.63) is 63.0 Å². The second kappa shape index (κ2) is 10.9. The average molecular weight is 579 g/mol. The van der Waals surface area contributed by atoms with E-state index in [1.807, 2.05) is 0 Å². The van der Waals surface area contributed by atoms with Crippen molar-refractivity contribution < 1.29 is 27.5 Å². The third-order valence-corrected chi connectivity index (χ3v) is 8.24. The molecule has 7 nitrogen and oxygen atoms in total. The third kappa shape index (κ3) is 5.53. The van der Waals surface area contributed by atoms with E-state index in [-0.39, 0.29) is 40.2 Å². The number of alkyl halides is 3. The summed E-state index contributed by atoms with van der Waals surface area (Å²) in [5, 5.41) is 4.67. The summed E-state index contributed by atoms with van der Waals surface area (Å²) in [5.41, 5.74) is 0.392. The minimum absolute atomic E-state index is 0.00514. The molecule has 0 bridgehead atoms. The Hall–Kier alpha value is -3.02. The van der Waals surface area contributed by atoms with Crippen LogP contribution in [0.2, 0.25) is 5.02 Å². The summed E-state index contributed by atoms with van der Waals surface area (Å²) < 4.78 is 47.7. The predicted molar refractivity (Wildman–Crippen MR) is 145 cm³/mol. The number of hydrogen-bond donors (Lipinski definition) is 0. The molecular formula is C27H26ClF3N4O3S. The first-order chi connectivity index (χ1) is 18.6. The quantitative estimate of drug-likeness (QED) is 0.321. The largest absolute Gasteiger partial charge is 0.479 e. The van der Waals surface area contributed by atoms with Gasteiger partial charge in [0.05, 0.1) is 35.0 Å². The van der Waals surface area contributed by atoms with Gasteiger partial charge < -0.3 is 9.64 Å². The van der Waals surface area contributed by atoms with Crippen LogP contribution in [0.5, 0.6) is 5.88 Å². The smallest absolute Gasteiger partial charge is 0.416 e. The van der Waals surface area contributed by atoms with Crippen LogP contribution in [0.1, 0.15) is 36.5 Å². The SMILES string of the molecule is CCN1CCC(N2C(=O)S/C(=C\c3ccc4c(c3)c(OC)nn4Cc3ccc(Cl)cc3C(F)(F)F)C2=O)CC1. The molecule has 3 aromatic rings. The van der Waals surface area contributed by atoms with Crippen LogP contribution in [0.25, 0.3) is 17.0 Å². The van der Waals surface area contributed by atoms with Gasteiger partial charge in [0.25, 0.3) is 11.1 Å². The fourth-order valence-corrected chi connectivity index (χ4v) is 6.15. The lowest BCUT2D eigenvalue weighted by Gasteiger charge is -2.34. The molecule has 39 heavy (non-hydrogen) atoms. The van der Waals surface area contributed by atoms with E-state index in [0.29, 0.717) is 21.4 Å². The van der Waals surface area contributed by atoms with Crippen LogP contribution in [-0.4, -0.2) is 63.5 Å². The molecule has 0 saturated carbocycles. The highest BCUT2D eigenvalue weighted by molar-refractivity contribution is 8.18. The summed E-state index contributed by atoms with van der Waals surface area (Å²) in [5.74, 6) is -0.0660. The Bertz CT molecular complexity index is 1460. The van der Waals surface area contributed by atoms with E-state index in [2.05, 4.69) is 16.9 Å². The summed E-state index contributed by atoms with van der Waals surface area (Å²) in [7, 11) is 1.43. The number of carbonyl (C=O) groups is 2. The number of carbonyl (C=O) groups excluding carboxylic acids is 2. The third-order valence-electron chi connectivity index (χ3n) is 7.12. The van der Waals surface area contributed by atoms with Crippen molar-refractivity contribution in [2.24, 2.45) is 0 Å². The fourth-order valence-electron chi connectivity index (χ4n) is 5.08. The van der Waals surface area contributed by atoms with Crippen LogP contribution in [-0.2, 0) is 17.5 Å². The topological polar surface area (TPSA) is 67.7 Å². The molecule has 5 rings (SSSR count). The van der Waals surface area contributed by atoms with E-state index in [0.717, 1.165) is 50.3 Å². The fraction of sp³-hybridized carbons (Fsp3) is 0.370. The number of fused-ring (bicyclic) bond motifs is 1. The van der Waals surface area contributed by atoms with E-state index in [9.17, 15) is 22.8 Å². The number of amides is 2. The molecule has 2 aliphatic rings. The van der Waals surface area contributed by atoms with Crippen molar-refractivity contribution >= 4 is 51.5 Å². The van der Waals surface area contributed by atoms with Crippen LogP contribution >= 0.6 is 23.4 Å². The molecule has 2 aromatic carbocycles. The van der Waals surface area contributed by atoms with Gasteiger partial charge in [-0.05, 0) is 72.6 Å². The molecule has 12 heteroatoms. The Morgan fingerprint density at radius 1 is 1.15 bits per heavy atom. The minimum atomic E-state index is -4.57. The Kier molecular flexibility index (Phi) is 7.67. The van der Waals surface area contributed by atoms with Crippen molar-refractivity contribution in [2.75, 3.05) is 26.7 Å². The summed E-state index contributed by atoms with van der Waals surface area (Å²) in [6.45, 7) is 4.59. The number of imide groups is 1. The van der Waals surface area contributed by atoms with Crippen LogP contribution < -0.4 is 4.74 Å². The van der Waals surface area contributed by atoms with E-state index < -0.39 is 11.7 Å². The molecule has 2 aliphatic heterocycles. The monoisotopic (exact) mass is 578 g/mol. The molecular weight excluding hydrogens is 553 g/mol. The molecule has 0 radical (unpaired) electrons. The normalized spacial score (nSPS) is 18.6. The average Bonchev–Trinajstić information content (AvgIpc) is 3.39. The van der Waals surface area contributed by atoms with Crippen molar-refractivity contribution in [3.8, 4) is 5.88 Å². The zero-order valence-corrected chi connectivity index (χ0v) is 22.9. The highest BCUT2D eigenvalue weighted by atomic mass is 35.5. The first kappa shape index (κ1) is 27.5. The minimum Gasteiger partial charge on any atom is -0.479 e. The number of hydrogen-bond acceptors (Lipinski definition) is 6. The lowest BCUT2D eigenvalue weighted by molar-refractivity contribution is -0.138. The Balaban J connectivity index is 1.42. The molecule has 3 heterocycles. The first-order valence-corrected chi connectivity index (χ1v) is 13.7. The molecule has 2 amide bonds. The van der Waals surface area contributed by atoms with Crippen LogP contribution in [0.15, 0.2) is 41.3 Å². The number of methoxy groups -OCH3 is 1. The number of halogens is 4. The lowest BCUT2D eigenvalue weighted by atomic mass is 10.0. The molecule has 2 saturated heterocycles. The standard InChI is InChI=1S/C27H26ClF3N4O3S/c1-3-33-10-8-19(9-11-33)35-25(36)23(39-26(35)37)13-16-4-7-22-20(12-16)24(38-2)32-34(22)15-17-5-6-18(28)14-21(17)27(29,30)31/h4-7,12-14,19H,3,8-11,15H2,1-2H3/b23-13-. The Morgan fingerprint density at radius 3 is 2.56 bits per heavy atom. The van der Waals surface area contributed by atoms with Gasteiger partial charge in [-0.3, -0.25) is 19.2 Å². The number of ether oxygens (including phenoxy) is 1. The van der Waals surface area contributed by atoms with Gasteiger partial charge in [-0.1, -0.05) is 30.7 Å².